The van der Waals surface area contributed by atoms with Crippen molar-refractivity contribution in [2.75, 3.05) is 0 Å². The van der Waals surface area contributed by atoms with Gasteiger partial charge in [-0.15, -0.1) is 0 Å². The van der Waals surface area contributed by atoms with Crippen LogP contribution in [0.5, 0.6) is 0 Å². The number of hydrogen-bond acceptors (Lipinski definition) is 2. The van der Waals surface area contributed by atoms with E-state index >= 15 is 0 Å². The van der Waals surface area contributed by atoms with Crippen molar-refractivity contribution < 1.29 is 34.7 Å². The standard InChI is InChI=1S/C7H5ClOS.Na/c8-6-3-1-5(2-4-6)7(9)10;/h1-4H,(H,9,10);/q;+1/p-1. The number of halogens is 1. The number of rotatable bonds is 1. The summed E-state index contributed by atoms with van der Waals surface area (Å²) >= 11 is 9.98. The third-order valence-corrected chi connectivity index (χ3v) is 1.57. The molecule has 0 unspecified atom stereocenters. The van der Waals surface area contributed by atoms with Gasteiger partial charge in [-0.05, 0) is 22.7 Å². The molecular weight excluding hydrogens is 191 g/mol. The van der Waals surface area contributed by atoms with Crippen molar-refractivity contribution in [1.29, 1.82) is 0 Å². The molecule has 0 amide bonds. The monoisotopic (exact) mass is 194 g/mol. The minimum absolute atomic E-state index is 0. The first-order valence-corrected chi connectivity index (χ1v) is 3.45. The molecule has 0 fully saturated rings. The second kappa shape index (κ2) is 5.12. The van der Waals surface area contributed by atoms with E-state index in [1.54, 1.807) is 24.3 Å². The number of hydrogen-bond donors (Lipinski definition) is 0. The van der Waals surface area contributed by atoms with Gasteiger partial charge in [-0.25, -0.2) is 0 Å². The SMILES string of the molecule is [Na+].[O-]C(=S)c1ccc(Cl)cc1. The maximum Gasteiger partial charge on any atom is 1.00 e. The molecule has 0 saturated carbocycles. The first kappa shape index (κ1) is 11.4. The van der Waals surface area contributed by atoms with Gasteiger partial charge in [-0.1, -0.05) is 36.0 Å². The summed E-state index contributed by atoms with van der Waals surface area (Å²) in [5.74, 6) is 0. The van der Waals surface area contributed by atoms with Crippen LogP contribution in [-0.2, 0) is 0 Å². The van der Waals surface area contributed by atoms with E-state index < -0.39 is 0 Å². The Hall–Kier alpha value is 0.400. The van der Waals surface area contributed by atoms with Crippen LogP contribution in [0.15, 0.2) is 24.3 Å². The minimum Gasteiger partial charge on any atom is -0.864 e. The number of benzene rings is 1. The summed E-state index contributed by atoms with van der Waals surface area (Å²) < 4.78 is 0. The van der Waals surface area contributed by atoms with Crippen molar-refractivity contribution in [3.8, 4) is 0 Å². The van der Waals surface area contributed by atoms with Gasteiger partial charge in [0.05, 0.1) is 0 Å². The normalized spacial score (nSPS) is 8.45. The molecule has 1 aromatic rings. The topological polar surface area (TPSA) is 23.1 Å². The van der Waals surface area contributed by atoms with Crippen LogP contribution in [0.3, 0.4) is 0 Å². The van der Waals surface area contributed by atoms with Crippen molar-refractivity contribution in [3.05, 3.63) is 34.9 Å². The molecule has 0 aliphatic heterocycles. The fourth-order valence-electron chi connectivity index (χ4n) is 0.586. The fourth-order valence-corrected chi connectivity index (χ4v) is 0.848. The van der Waals surface area contributed by atoms with Crippen LogP contribution in [-0.4, -0.2) is 5.05 Å². The Morgan fingerprint density at radius 3 is 2.09 bits per heavy atom. The van der Waals surface area contributed by atoms with Gasteiger partial charge in [0.25, 0.3) is 0 Å². The molecule has 52 valence electrons. The first-order chi connectivity index (χ1) is 4.70. The van der Waals surface area contributed by atoms with Crippen LogP contribution in [0.2, 0.25) is 5.02 Å². The summed E-state index contributed by atoms with van der Waals surface area (Å²) in [6, 6.07) is 6.50. The smallest absolute Gasteiger partial charge is 0.864 e. The van der Waals surface area contributed by atoms with Crippen molar-refractivity contribution >= 4 is 28.9 Å². The molecular formula is C7H4ClNaOS. The molecule has 0 aliphatic carbocycles. The van der Waals surface area contributed by atoms with Gasteiger partial charge in [0.1, 0.15) is 0 Å². The van der Waals surface area contributed by atoms with Gasteiger partial charge in [0, 0.05) is 5.02 Å². The van der Waals surface area contributed by atoms with Crippen molar-refractivity contribution in [2.45, 2.75) is 0 Å². The van der Waals surface area contributed by atoms with E-state index in [1.165, 1.54) is 0 Å². The Kier molecular flexibility index (Phi) is 5.30. The molecule has 0 aromatic heterocycles. The average Bonchev–Trinajstić information content (AvgIpc) is 1.88. The second-order valence-corrected chi connectivity index (χ2v) is 2.60. The summed E-state index contributed by atoms with van der Waals surface area (Å²) in [5, 5.41) is 10.8. The van der Waals surface area contributed by atoms with Gasteiger partial charge in [0.15, 0.2) is 0 Å². The van der Waals surface area contributed by atoms with Gasteiger partial charge < -0.3 is 5.11 Å². The molecule has 0 aliphatic rings. The van der Waals surface area contributed by atoms with Crippen LogP contribution in [0.25, 0.3) is 0 Å². The van der Waals surface area contributed by atoms with Crippen molar-refractivity contribution in [3.63, 3.8) is 0 Å². The molecule has 1 rings (SSSR count). The largest absolute Gasteiger partial charge is 1.00 e. The van der Waals surface area contributed by atoms with E-state index in [2.05, 4.69) is 12.2 Å². The van der Waals surface area contributed by atoms with E-state index in [0.717, 1.165) is 0 Å². The van der Waals surface area contributed by atoms with Gasteiger partial charge in [-0.3, -0.25) is 0 Å². The molecule has 0 atom stereocenters. The Morgan fingerprint density at radius 1 is 1.27 bits per heavy atom. The maximum atomic E-state index is 10.5. The van der Waals surface area contributed by atoms with E-state index in [1.807, 2.05) is 0 Å². The summed E-state index contributed by atoms with van der Waals surface area (Å²) in [6.07, 6.45) is 0. The quantitative estimate of drug-likeness (QED) is 0.396. The molecule has 0 heterocycles. The Bertz CT molecular complexity index is 247. The molecule has 11 heavy (non-hydrogen) atoms. The molecule has 1 nitrogen and oxygen atoms in total. The van der Waals surface area contributed by atoms with E-state index in [9.17, 15) is 5.11 Å². The predicted octanol–water partition coefficient (Wildman–Crippen LogP) is -1.62. The van der Waals surface area contributed by atoms with Gasteiger partial charge in [0.2, 0.25) is 0 Å². The van der Waals surface area contributed by atoms with Crippen LogP contribution in [0, 0.1) is 0 Å². The van der Waals surface area contributed by atoms with Crippen LogP contribution in [0.1, 0.15) is 5.56 Å². The van der Waals surface area contributed by atoms with Crippen molar-refractivity contribution in [1.82, 2.24) is 0 Å². The Morgan fingerprint density at radius 2 is 1.73 bits per heavy atom. The zero-order valence-corrected chi connectivity index (χ0v) is 9.58. The Labute approximate surface area is 97.7 Å². The molecule has 4 heteroatoms. The predicted molar refractivity (Wildman–Crippen MR) is 43.2 cm³/mol. The van der Waals surface area contributed by atoms with Crippen LogP contribution >= 0.6 is 23.8 Å². The molecule has 0 saturated heterocycles. The third kappa shape index (κ3) is 3.54. The van der Waals surface area contributed by atoms with Gasteiger partial charge >= 0.3 is 29.6 Å². The fraction of sp³-hybridized carbons (Fsp3) is 0. The van der Waals surface area contributed by atoms with E-state index in [4.69, 9.17) is 11.6 Å². The second-order valence-electron chi connectivity index (χ2n) is 1.79. The average molecular weight is 195 g/mol. The van der Waals surface area contributed by atoms with E-state index in [0.29, 0.717) is 10.6 Å². The zero-order chi connectivity index (χ0) is 7.56. The Balaban J connectivity index is 0.000001000. The molecule has 0 N–H and O–H groups in total. The number of thiocarbonyl (C=S) groups is 1. The summed E-state index contributed by atoms with van der Waals surface area (Å²) in [5.41, 5.74) is 0.513. The molecule has 0 bridgehead atoms. The van der Waals surface area contributed by atoms with Crippen LogP contribution < -0.4 is 34.7 Å². The first-order valence-electron chi connectivity index (χ1n) is 2.67. The summed E-state index contributed by atoms with van der Waals surface area (Å²) in [4.78, 5) is 0. The third-order valence-electron chi connectivity index (χ3n) is 1.08. The summed E-state index contributed by atoms with van der Waals surface area (Å²) in [6.45, 7) is 0. The zero-order valence-electron chi connectivity index (χ0n) is 6.00. The summed E-state index contributed by atoms with van der Waals surface area (Å²) in [7, 11) is 0. The van der Waals surface area contributed by atoms with Crippen LogP contribution in [0.4, 0.5) is 0 Å². The molecule has 1 aromatic carbocycles. The van der Waals surface area contributed by atoms with Crippen molar-refractivity contribution in [2.24, 2.45) is 0 Å². The minimum atomic E-state index is -0.350. The molecule has 0 spiro atoms. The van der Waals surface area contributed by atoms with Gasteiger partial charge in [-0.2, -0.15) is 0 Å². The molecule has 0 radical (unpaired) electrons. The van der Waals surface area contributed by atoms with E-state index in [-0.39, 0.29) is 34.6 Å². The maximum absolute atomic E-state index is 10.5.